The molecular formula is C5H9I2. The van der Waals surface area contributed by atoms with E-state index in [0.717, 1.165) is 3.92 Å². The second-order valence-electron chi connectivity index (χ2n) is 1.42. The van der Waals surface area contributed by atoms with Gasteiger partial charge in [0.25, 0.3) is 0 Å². The molecule has 0 nitrogen and oxygen atoms in total. The van der Waals surface area contributed by atoms with E-state index in [0.29, 0.717) is 0 Å². The molecule has 0 rings (SSSR count). The topological polar surface area (TPSA) is 0 Å². The Bertz CT molecular complexity index is 43.3. The molecule has 0 aromatic heterocycles. The first kappa shape index (κ1) is 8.46. The zero-order chi connectivity index (χ0) is 5.86. The van der Waals surface area contributed by atoms with Crippen molar-refractivity contribution >= 4 is 45.2 Å². The maximum atomic E-state index is 2.42. The SMILES string of the molecule is CC[C](I)C(C)I. The molecule has 7 heavy (non-hydrogen) atoms. The van der Waals surface area contributed by atoms with Gasteiger partial charge in [-0.1, -0.05) is 59.0 Å². The van der Waals surface area contributed by atoms with Crippen LogP contribution in [-0.2, 0) is 0 Å². The van der Waals surface area contributed by atoms with Crippen molar-refractivity contribution in [3.8, 4) is 0 Å². The van der Waals surface area contributed by atoms with Crippen LogP contribution in [0.15, 0.2) is 0 Å². The summed E-state index contributed by atoms with van der Waals surface area (Å²) in [7, 11) is 0. The molecule has 0 aliphatic rings. The molecule has 0 heterocycles. The van der Waals surface area contributed by atoms with Gasteiger partial charge in [-0.3, -0.25) is 0 Å². The normalized spacial score (nSPS) is 15.0. The van der Waals surface area contributed by atoms with Crippen LogP contribution in [0.2, 0.25) is 0 Å². The van der Waals surface area contributed by atoms with Gasteiger partial charge < -0.3 is 0 Å². The molecule has 0 aliphatic carbocycles. The lowest BCUT2D eigenvalue weighted by atomic mass is 10.3. The summed E-state index contributed by atoms with van der Waals surface area (Å²) in [5.41, 5.74) is 0. The predicted molar refractivity (Wildman–Crippen MR) is 51.0 cm³/mol. The second-order valence-corrected chi connectivity index (χ2v) is 4.67. The summed E-state index contributed by atoms with van der Waals surface area (Å²) in [6, 6.07) is 0. The summed E-state index contributed by atoms with van der Waals surface area (Å²) in [6.07, 6.45) is 1.21. The molecule has 43 valence electrons. The van der Waals surface area contributed by atoms with Crippen LogP contribution in [0.25, 0.3) is 0 Å². The third-order valence-electron chi connectivity index (χ3n) is 0.769. The van der Waals surface area contributed by atoms with E-state index in [9.17, 15) is 0 Å². The number of hydrogen-bond donors (Lipinski definition) is 0. The first-order chi connectivity index (χ1) is 3.18. The van der Waals surface area contributed by atoms with Crippen molar-refractivity contribution < 1.29 is 0 Å². The lowest BCUT2D eigenvalue weighted by molar-refractivity contribution is 0.992. The van der Waals surface area contributed by atoms with Gasteiger partial charge in [-0.25, -0.2) is 0 Å². The number of hydrogen-bond acceptors (Lipinski definition) is 0. The highest BCUT2D eigenvalue weighted by Crippen LogP contribution is 2.25. The summed E-state index contributed by atoms with van der Waals surface area (Å²) < 4.78 is 2.29. The molecule has 0 saturated heterocycles. The molecule has 1 atom stereocenters. The highest BCUT2D eigenvalue weighted by Gasteiger charge is 2.06. The summed E-state index contributed by atoms with van der Waals surface area (Å²) in [5.74, 6) is 0. The van der Waals surface area contributed by atoms with Crippen molar-refractivity contribution in [2.75, 3.05) is 0 Å². The third kappa shape index (κ3) is 4.00. The monoisotopic (exact) mass is 323 g/mol. The van der Waals surface area contributed by atoms with Crippen LogP contribution in [-0.4, -0.2) is 3.92 Å². The lowest BCUT2D eigenvalue weighted by Gasteiger charge is -2.05. The Morgan fingerprint density at radius 2 is 2.14 bits per heavy atom. The minimum absolute atomic E-state index is 0.739. The van der Waals surface area contributed by atoms with Crippen LogP contribution in [0.1, 0.15) is 20.3 Å². The second kappa shape index (κ2) is 4.35. The maximum absolute atomic E-state index is 2.42. The summed E-state index contributed by atoms with van der Waals surface area (Å²) in [5, 5.41) is 0. The molecule has 1 unspecified atom stereocenters. The number of rotatable bonds is 2. The molecule has 0 fully saturated rings. The van der Waals surface area contributed by atoms with E-state index in [1.54, 1.807) is 3.92 Å². The van der Waals surface area contributed by atoms with Crippen LogP contribution in [0.3, 0.4) is 0 Å². The van der Waals surface area contributed by atoms with Crippen molar-refractivity contribution in [1.82, 2.24) is 0 Å². The molecule has 0 amide bonds. The van der Waals surface area contributed by atoms with E-state index in [1.807, 2.05) is 0 Å². The van der Waals surface area contributed by atoms with Crippen molar-refractivity contribution in [3.05, 3.63) is 3.92 Å². The largest absolute Gasteiger partial charge is 0.0814 e. The van der Waals surface area contributed by atoms with Gasteiger partial charge in [0.15, 0.2) is 0 Å². The standard InChI is InChI=1S/C5H9I2/c1-3-5(7)4(2)6/h4H,3H2,1-2H3. The van der Waals surface area contributed by atoms with E-state index in [2.05, 4.69) is 59.0 Å². The average Bonchev–Trinajstić information content (AvgIpc) is 1.65. The van der Waals surface area contributed by atoms with Gasteiger partial charge in [-0.05, 0) is 6.42 Å². The predicted octanol–water partition coefficient (Wildman–Crippen LogP) is 3.19. The molecule has 0 saturated carbocycles. The van der Waals surface area contributed by atoms with Crippen molar-refractivity contribution in [2.24, 2.45) is 0 Å². The van der Waals surface area contributed by atoms with Gasteiger partial charge in [0.1, 0.15) is 0 Å². The summed E-state index contributed by atoms with van der Waals surface area (Å²) in [6.45, 7) is 4.41. The molecular weight excluding hydrogens is 314 g/mol. The van der Waals surface area contributed by atoms with Crippen LogP contribution < -0.4 is 0 Å². The third-order valence-corrected chi connectivity index (χ3v) is 4.41. The van der Waals surface area contributed by atoms with E-state index >= 15 is 0 Å². The first-order valence-electron chi connectivity index (χ1n) is 2.33. The summed E-state index contributed by atoms with van der Waals surface area (Å²) >= 11 is 4.83. The average molecular weight is 323 g/mol. The highest BCUT2D eigenvalue weighted by atomic mass is 127. The molecule has 0 bridgehead atoms. The summed E-state index contributed by atoms with van der Waals surface area (Å²) in [4.78, 5) is 0. The van der Waals surface area contributed by atoms with Gasteiger partial charge in [-0.2, -0.15) is 0 Å². The zero-order valence-corrected chi connectivity index (χ0v) is 8.86. The van der Waals surface area contributed by atoms with Crippen molar-refractivity contribution in [2.45, 2.75) is 24.2 Å². The fourth-order valence-corrected chi connectivity index (χ4v) is 0.722. The van der Waals surface area contributed by atoms with Crippen molar-refractivity contribution in [1.29, 1.82) is 0 Å². The number of alkyl halides is 1. The smallest absolute Gasteiger partial charge is 0.0489 e. The Morgan fingerprint density at radius 1 is 1.71 bits per heavy atom. The minimum atomic E-state index is 0.739. The lowest BCUT2D eigenvalue weighted by Crippen LogP contribution is -1.96. The first-order valence-corrected chi connectivity index (χ1v) is 4.66. The molecule has 0 N–H and O–H groups in total. The zero-order valence-electron chi connectivity index (χ0n) is 4.54. The van der Waals surface area contributed by atoms with Crippen LogP contribution in [0.5, 0.6) is 0 Å². The van der Waals surface area contributed by atoms with Gasteiger partial charge in [-0.15, -0.1) is 0 Å². The molecule has 0 aliphatic heterocycles. The molecule has 1 radical (unpaired) electrons. The fourth-order valence-electron chi connectivity index (χ4n) is 0.281. The van der Waals surface area contributed by atoms with E-state index in [-0.39, 0.29) is 0 Å². The van der Waals surface area contributed by atoms with Crippen molar-refractivity contribution in [3.63, 3.8) is 0 Å². The number of halogens is 2. The van der Waals surface area contributed by atoms with E-state index < -0.39 is 0 Å². The molecule has 0 spiro atoms. The van der Waals surface area contributed by atoms with E-state index in [4.69, 9.17) is 0 Å². The fraction of sp³-hybridized carbons (Fsp3) is 0.800. The molecule has 2 heteroatoms. The van der Waals surface area contributed by atoms with Gasteiger partial charge >= 0.3 is 0 Å². The molecule has 0 aromatic carbocycles. The Morgan fingerprint density at radius 3 is 2.14 bits per heavy atom. The molecule has 0 aromatic rings. The van der Waals surface area contributed by atoms with Crippen LogP contribution >= 0.6 is 45.2 Å². The highest BCUT2D eigenvalue weighted by molar-refractivity contribution is 14.1. The van der Waals surface area contributed by atoms with Crippen LogP contribution in [0.4, 0.5) is 0 Å². The Hall–Kier alpha value is 1.46. The van der Waals surface area contributed by atoms with E-state index in [1.165, 1.54) is 6.42 Å². The van der Waals surface area contributed by atoms with Gasteiger partial charge in [0.2, 0.25) is 0 Å². The maximum Gasteiger partial charge on any atom is 0.0489 e. The Balaban J connectivity index is 3.14. The van der Waals surface area contributed by atoms with Gasteiger partial charge in [0.05, 0.1) is 0 Å². The quantitative estimate of drug-likeness (QED) is 0.541. The Labute approximate surface area is 72.7 Å². The Kier molecular flexibility index (Phi) is 5.26. The van der Waals surface area contributed by atoms with Crippen LogP contribution in [0, 0.1) is 3.92 Å². The minimum Gasteiger partial charge on any atom is -0.0814 e. The van der Waals surface area contributed by atoms with Gasteiger partial charge in [0, 0.05) is 7.85 Å².